The van der Waals surface area contributed by atoms with E-state index in [4.69, 9.17) is 33.7 Å². The number of fused-ring (bicyclic) bond motifs is 1. The number of benzene rings is 1. The lowest BCUT2D eigenvalue weighted by molar-refractivity contribution is -0.135. The number of hydrogen-bond acceptors (Lipinski definition) is 10. The van der Waals surface area contributed by atoms with Crippen LogP contribution in [0.4, 0.5) is 0 Å². The molecule has 3 rings (SSSR count). The second kappa shape index (κ2) is 8.02. The molecule has 0 amide bonds. The first-order valence-corrected chi connectivity index (χ1v) is 8.28. The van der Waals surface area contributed by atoms with Crippen LogP contribution in [0.15, 0.2) is 10.3 Å². The number of oxime groups is 2. The molecule has 0 saturated heterocycles. The molecule has 0 fully saturated rings. The lowest BCUT2D eigenvalue weighted by atomic mass is 9.96. The van der Waals surface area contributed by atoms with Gasteiger partial charge in [-0.25, -0.2) is 4.79 Å². The second-order valence-corrected chi connectivity index (χ2v) is 5.66. The predicted octanol–water partition coefficient (Wildman–Crippen LogP) is 1.49. The molecular weight excluding hydrogens is 360 g/mol. The van der Waals surface area contributed by atoms with Crippen molar-refractivity contribution in [3.63, 3.8) is 0 Å². The lowest BCUT2D eigenvalue weighted by Crippen LogP contribution is -2.20. The van der Waals surface area contributed by atoms with Crippen LogP contribution in [0.25, 0.3) is 0 Å². The summed E-state index contributed by atoms with van der Waals surface area (Å²) in [4.78, 5) is 17.2. The highest BCUT2D eigenvalue weighted by molar-refractivity contribution is 6.36. The summed E-state index contributed by atoms with van der Waals surface area (Å²) >= 11 is 0. The van der Waals surface area contributed by atoms with Crippen molar-refractivity contribution < 1.29 is 38.5 Å². The molecule has 1 N–H and O–H groups in total. The fourth-order valence-corrected chi connectivity index (χ4v) is 3.05. The van der Waals surface area contributed by atoms with Gasteiger partial charge < -0.3 is 33.7 Å². The molecule has 0 saturated carbocycles. The molecule has 10 nitrogen and oxygen atoms in total. The molecule has 0 bridgehead atoms. The van der Waals surface area contributed by atoms with E-state index in [0.29, 0.717) is 40.5 Å². The van der Waals surface area contributed by atoms with Crippen LogP contribution < -0.4 is 18.9 Å². The van der Waals surface area contributed by atoms with Gasteiger partial charge in [-0.2, -0.15) is 0 Å². The molecule has 1 aromatic rings. The summed E-state index contributed by atoms with van der Waals surface area (Å²) in [6, 6.07) is 0. The standard InChI is InChI=1S/C17H20N2O8/c1-4-24-17(20)12-6-9(27-19-12)5-10-11(7-18-21)14-16(26-8-25-14)15(23-3)13(10)22-2/h7,9,21H,4-6,8H2,1-3H3. The number of methoxy groups -OCH3 is 2. The van der Waals surface area contributed by atoms with Crippen molar-refractivity contribution in [2.24, 2.45) is 10.3 Å². The van der Waals surface area contributed by atoms with E-state index in [1.54, 1.807) is 6.92 Å². The fraction of sp³-hybridized carbons (Fsp3) is 0.471. The van der Waals surface area contributed by atoms with E-state index >= 15 is 0 Å². The fourth-order valence-electron chi connectivity index (χ4n) is 3.05. The van der Waals surface area contributed by atoms with Gasteiger partial charge in [0.05, 0.1) is 27.0 Å². The Balaban J connectivity index is 1.94. The van der Waals surface area contributed by atoms with Crippen molar-refractivity contribution in [3.8, 4) is 23.0 Å². The van der Waals surface area contributed by atoms with E-state index in [0.717, 1.165) is 0 Å². The monoisotopic (exact) mass is 380 g/mol. The summed E-state index contributed by atoms with van der Waals surface area (Å²) < 4.78 is 26.9. The van der Waals surface area contributed by atoms with Gasteiger partial charge in [0.2, 0.25) is 18.3 Å². The van der Waals surface area contributed by atoms with Gasteiger partial charge in [-0.1, -0.05) is 10.3 Å². The Morgan fingerprint density at radius 2 is 2.04 bits per heavy atom. The highest BCUT2D eigenvalue weighted by atomic mass is 16.7. The van der Waals surface area contributed by atoms with E-state index < -0.39 is 12.1 Å². The van der Waals surface area contributed by atoms with Crippen LogP contribution in [0.1, 0.15) is 24.5 Å². The van der Waals surface area contributed by atoms with Gasteiger partial charge in [0.1, 0.15) is 6.10 Å². The molecule has 0 radical (unpaired) electrons. The second-order valence-electron chi connectivity index (χ2n) is 5.66. The van der Waals surface area contributed by atoms with E-state index in [1.807, 2.05) is 0 Å². The van der Waals surface area contributed by atoms with E-state index in [9.17, 15) is 4.79 Å². The average molecular weight is 380 g/mol. The smallest absolute Gasteiger partial charge is 0.356 e. The SMILES string of the molecule is CCOC(=O)C1=NOC(Cc2c(C=NO)c3c(c(OC)c2OC)OCO3)C1. The Kier molecular flexibility index (Phi) is 5.53. The summed E-state index contributed by atoms with van der Waals surface area (Å²) in [7, 11) is 2.97. The van der Waals surface area contributed by atoms with Crippen LogP contribution in [0.5, 0.6) is 23.0 Å². The molecule has 2 heterocycles. The number of hydrogen-bond donors (Lipinski definition) is 1. The van der Waals surface area contributed by atoms with Gasteiger partial charge >= 0.3 is 5.97 Å². The first-order valence-electron chi connectivity index (χ1n) is 8.28. The molecule has 27 heavy (non-hydrogen) atoms. The third kappa shape index (κ3) is 3.42. The summed E-state index contributed by atoms with van der Waals surface area (Å²) in [5.74, 6) is 0.991. The minimum Gasteiger partial charge on any atom is -0.492 e. The van der Waals surface area contributed by atoms with Gasteiger partial charge in [0, 0.05) is 24.0 Å². The first-order chi connectivity index (χ1) is 13.1. The molecule has 2 aliphatic heterocycles. The average Bonchev–Trinajstić information content (AvgIpc) is 3.33. The van der Waals surface area contributed by atoms with Crippen LogP contribution in [0.2, 0.25) is 0 Å². The number of ether oxygens (including phenoxy) is 5. The zero-order valence-corrected chi connectivity index (χ0v) is 15.2. The largest absolute Gasteiger partial charge is 0.492 e. The van der Waals surface area contributed by atoms with Crippen LogP contribution >= 0.6 is 0 Å². The number of nitrogens with zero attached hydrogens (tertiary/aromatic N) is 2. The number of carbonyl (C=O) groups is 1. The van der Waals surface area contributed by atoms with Crippen molar-refractivity contribution in [3.05, 3.63) is 11.1 Å². The zero-order chi connectivity index (χ0) is 19.4. The molecule has 146 valence electrons. The van der Waals surface area contributed by atoms with Crippen molar-refractivity contribution >= 4 is 17.9 Å². The Morgan fingerprint density at radius 1 is 1.30 bits per heavy atom. The third-order valence-corrected chi connectivity index (χ3v) is 4.14. The molecular formula is C17H20N2O8. The molecule has 1 aromatic carbocycles. The Morgan fingerprint density at radius 3 is 2.70 bits per heavy atom. The normalized spacial score (nSPS) is 17.6. The molecule has 1 unspecified atom stereocenters. The lowest BCUT2D eigenvalue weighted by Gasteiger charge is -2.19. The van der Waals surface area contributed by atoms with Crippen molar-refractivity contribution in [2.45, 2.75) is 25.9 Å². The highest BCUT2D eigenvalue weighted by Crippen LogP contribution is 2.51. The third-order valence-electron chi connectivity index (χ3n) is 4.14. The van der Waals surface area contributed by atoms with Crippen LogP contribution in [0.3, 0.4) is 0 Å². The predicted molar refractivity (Wildman–Crippen MR) is 92.3 cm³/mol. The quantitative estimate of drug-likeness (QED) is 0.327. The Hall–Kier alpha value is -3.17. The van der Waals surface area contributed by atoms with Gasteiger partial charge in [0.25, 0.3) is 0 Å². The van der Waals surface area contributed by atoms with Crippen LogP contribution in [-0.2, 0) is 20.8 Å². The summed E-state index contributed by atoms with van der Waals surface area (Å²) in [5.41, 5.74) is 1.29. The zero-order valence-electron chi connectivity index (χ0n) is 15.2. The number of esters is 1. The Labute approximate surface area is 155 Å². The molecule has 0 aromatic heterocycles. The molecule has 0 spiro atoms. The summed E-state index contributed by atoms with van der Waals surface area (Å²) in [6.45, 7) is 1.98. The maximum atomic E-state index is 11.8. The van der Waals surface area contributed by atoms with E-state index in [1.165, 1.54) is 20.4 Å². The molecule has 1 atom stereocenters. The van der Waals surface area contributed by atoms with Crippen LogP contribution in [-0.4, -0.2) is 56.8 Å². The van der Waals surface area contributed by atoms with Gasteiger partial charge in [-0.05, 0) is 6.92 Å². The van der Waals surface area contributed by atoms with Crippen LogP contribution in [0, 0.1) is 0 Å². The van der Waals surface area contributed by atoms with Gasteiger partial charge in [0.15, 0.2) is 17.2 Å². The minimum absolute atomic E-state index is 0.000611. The van der Waals surface area contributed by atoms with E-state index in [-0.39, 0.29) is 25.5 Å². The van der Waals surface area contributed by atoms with Gasteiger partial charge in [-0.15, -0.1) is 0 Å². The first kappa shape index (κ1) is 18.6. The topological polar surface area (TPSA) is 117 Å². The maximum absolute atomic E-state index is 11.8. The molecule has 0 aliphatic carbocycles. The van der Waals surface area contributed by atoms with Crippen molar-refractivity contribution in [1.29, 1.82) is 0 Å². The van der Waals surface area contributed by atoms with Gasteiger partial charge in [-0.3, -0.25) is 0 Å². The summed E-state index contributed by atoms with van der Waals surface area (Å²) in [6.07, 6.45) is 1.36. The minimum atomic E-state index is -0.507. The number of rotatable bonds is 7. The number of carbonyl (C=O) groups excluding carboxylic acids is 1. The molecule has 10 heteroatoms. The summed E-state index contributed by atoms with van der Waals surface area (Å²) in [5, 5.41) is 16.0. The maximum Gasteiger partial charge on any atom is 0.356 e. The van der Waals surface area contributed by atoms with Crippen molar-refractivity contribution in [2.75, 3.05) is 27.6 Å². The molecule has 2 aliphatic rings. The van der Waals surface area contributed by atoms with E-state index in [2.05, 4.69) is 10.3 Å². The Bertz CT molecular complexity index is 790. The van der Waals surface area contributed by atoms with Crippen molar-refractivity contribution in [1.82, 2.24) is 0 Å². The highest BCUT2D eigenvalue weighted by Gasteiger charge is 2.34.